The predicted octanol–water partition coefficient (Wildman–Crippen LogP) is 4.77. The van der Waals surface area contributed by atoms with Crippen molar-refractivity contribution in [1.82, 2.24) is 5.32 Å². The molecule has 0 spiro atoms. The third kappa shape index (κ3) is 7.40. The summed E-state index contributed by atoms with van der Waals surface area (Å²) in [6.45, 7) is 4.56. The Morgan fingerprint density at radius 3 is 2.36 bits per heavy atom. The van der Waals surface area contributed by atoms with Gasteiger partial charge in [-0.1, -0.05) is 37.0 Å². The van der Waals surface area contributed by atoms with Crippen LogP contribution in [0.2, 0.25) is 0 Å². The van der Waals surface area contributed by atoms with E-state index >= 15 is 0 Å². The van der Waals surface area contributed by atoms with E-state index in [9.17, 15) is 13.2 Å². The van der Waals surface area contributed by atoms with Gasteiger partial charge in [-0.05, 0) is 63.1 Å². The summed E-state index contributed by atoms with van der Waals surface area (Å²) >= 11 is 1.90. The van der Waals surface area contributed by atoms with Gasteiger partial charge in [0, 0.05) is 17.5 Å². The molecule has 1 fully saturated rings. The molecule has 2 aromatic rings. The number of amides is 1. The maximum absolute atomic E-state index is 13.4. The normalized spacial score (nSPS) is 14.6. The van der Waals surface area contributed by atoms with Crippen molar-refractivity contribution in [3.05, 3.63) is 54.1 Å². The lowest BCUT2D eigenvalue weighted by Crippen LogP contribution is -2.41. The van der Waals surface area contributed by atoms with Gasteiger partial charge in [-0.15, -0.1) is 0 Å². The zero-order valence-electron chi connectivity index (χ0n) is 19.5. The van der Waals surface area contributed by atoms with Crippen LogP contribution < -0.4 is 14.4 Å². The highest BCUT2D eigenvalue weighted by Gasteiger charge is 2.27. The number of carbonyl (C=O) groups is 1. The molecule has 1 amide bonds. The second-order valence-corrected chi connectivity index (χ2v) is 11.5. The summed E-state index contributed by atoms with van der Waals surface area (Å²) in [5, 5.41) is 3.57. The van der Waals surface area contributed by atoms with Crippen LogP contribution in [0.15, 0.2) is 53.4 Å². The molecular weight excluding hydrogens is 456 g/mol. The molecule has 0 unspecified atom stereocenters. The van der Waals surface area contributed by atoms with E-state index in [1.54, 1.807) is 48.5 Å². The number of ether oxygens (including phenoxy) is 1. The SMILES string of the molecule is CCOc1ccc(N(CC(=O)NCCSC2CCCCC2)S(=O)(=O)c2ccc(C)cc2)cc1. The van der Waals surface area contributed by atoms with Crippen LogP contribution in [0.1, 0.15) is 44.6 Å². The third-order valence-electron chi connectivity index (χ3n) is 5.66. The highest BCUT2D eigenvalue weighted by molar-refractivity contribution is 7.99. The van der Waals surface area contributed by atoms with Crippen molar-refractivity contribution in [1.29, 1.82) is 0 Å². The second-order valence-electron chi connectivity index (χ2n) is 8.23. The molecule has 0 saturated heterocycles. The fourth-order valence-electron chi connectivity index (χ4n) is 3.86. The molecule has 1 N–H and O–H groups in total. The lowest BCUT2D eigenvalue weighted by molar-refractivity contribution is -0.119. The van der Waals surface area contributed by atoms with Gasteiger partial charge in [0.25, 0.3) is 10.0 Å². The van der Waals surface area contributed by atoms with E-state index in [1.165, 1.54) is 32.1 Å². The fraction of sp³-hybridized carbons (Fsp3) is 0.480. The summed E-state index contributed by atoms with van der Waals surface area (Å²) in [7, 11) is -3.91. The highest BCUT2D eigenvalue weighted by Crippen LogP contribution is 2.28. The Balaban J connectivity index is 1.69. The first-order chi connectivity index (χ1) is 15.9. The van der Waals surface area contributed by atoms with Crippen LogP contribution in [0.3, 0.4) is 0 Å². The van der Waals surface area contributed by atoms with Crippen LogP contribution >= 0.6 is 11.8 Å². The van der Waals surface area contributed by atoms with Gasteiger partial charge in [-0.25, -0.2) is 8.42 Å². The van der Waals surface area contributed by atoms with Crippen molar-refractivity contribution in [2.75, 3.05) is 29.8 Å². The minimum absolute atomic E-state index is 0.155. The van der Waals surface area contributed by atoms with Crippen molar-refractivity contribution in [2.45, 2.75) is 56.1 Å². The Kier molecular flexibility index (Phi) is 9.50. The Morgan fingerprint density at radius 1 is 1.06 bits per heavy atom. The van der Waals surface area contributed by atoms with Gasteiger partial charge in [-0.2, -0.15) is 11.8 Å². The molecule has 33 heavy (non-hydrogen) atoms. The average Bonchev–Trinajstić information content (AvgIpc) is 2.82. The van der Waals surface area contributed by atoms with E-state index in [1.807, 2.05) is 25.6 Å². The quantitative estimate of drug-likeness (QED) is 0.459. The topological polar surface area (TPSA) is 75.7 Å². The molecule has 0 bridgehead atoms. The first-order valence-electron chi connectivity index (χ1n) is 11.6. The molecule has 1 aliphatic rings. The first-order valence-corrected chi connectivity index (χ1v) is 14.1. The van der Waals surface area contributed by atoms with Gasteiger partial charge >= 0.3 is 0 Å². The molecule has 0 heterocycles. The van der Waals surface area contributed by atoms with Crippen molar-refractivity contribution >= 4 is 33.4 Å². The molecule has 0 aliphatic heterocycles. The van der Waals surface area contributed by atoms with Gasteiger partial charge in [0.15, 0.2) is 0 Å². The maximum Gasteiger partial charge on any atom is 0.264 e. The number of carbonyl (C=O) groups excluding carboxylic acids is 1. The number of nitrogens with one attached hydrogen (secondary N) is 1. The smallest absolute Gasteiger partial charge is 0.264 e. The zero-order chi connectivity index (χ0) is 23.7. The Hall–Kier alpha value is -2.19. The summed E-state index contributed by atoms with van der Waals surface area (Å²) in [6.07, 6.45) is 6.40. The monoisotopic (exact) mass is 490 g/mol. The van der Waals surface area contributed by atoms with Gasteiger partial charge in [0.1, 0.15) is 12.3 Å². The van der Waals surface area contributed by atoms with Crippen LogP contribution in [-0.4, -0.2) is 45.0 Å². The summed E-state index contributed by atoms with van der Waals surface area (Å²) in [5.74, 6) is 1.17. The van der Waals surface area contributed by atoms with E-state index in [0.29, 0.717) is 29.8 Å². The van der Waals surface area contributed by atoms with Crippen molar-refractivity contribution in [3.8, 4) is 5.75 Å². The number of aryl methyl sites for hydroxylation is 1. The molecule has 8 heteroatoms. The highest BCUT2D eigenvalue weighted by atomic mass is 32.2. The largest absolute Gasteiger partial charge is 0.494 e. The molecule has 2 aromatic carbocycles. The Labute approximate surface area is 202 Å². The molecule has 0 atom stereocenters. The predicted molar refractivity (Wildman–Crippen MR) is 136 cm³/mol. The van der Waals surface area contributed by atoms with Gasteiger partial charge < -0.3 is 10.1 Å². The van der Waals surface area contributed by atoms with E-state index in [-0.39, 0.29) is 17.3 Å². The number of hydrogen-bond acceptors (Lipinski definition) is 5. The number of anilines is 1. The van der Waals surface area contributed by atoms with E-state index in [0.717, 1.165) is 15.6 Å². The van der Waals surface area contributed by atoms with Crippen LogP contribution in [0.5, 0.6) is 5.75 Å². The summed E-state index contributed by atoms with van der Waals surface area (Å²) in [5.41, 5.74) is 1.39. The number of hydrogen-bond donors (Lipinski definition) is 1. The molecule has 0 radical (unpaired) electrons. The van der Waals surface area contributed by atoms with Gasteiger partial charge in [0.05, 0.1) is 17.2 Å². The Morgan fingerprint density at radius 2 is 1.73 bits per heavy atom. The molecular formula is C25H34N2O4S2. The maximum atomic E-state index is 13.4. The molecule has 1 saturated carbocycles. The molecule has 1 aliphatic carbocycles. The lowest BCUT2D eigenvalue weighted by Gasteiger charge is -2.24. The molecule has 3 rings (SSSR count). The Bertz CT molecular complexity index is 986. The van der Waals surface area contributed by atoms with Crippen molar-refractivity contribution in [2.24, 2.45) is 0 Å². The molecule has 180 valence electrons. The summed E-state index contributed by atoms with van der Waals surface area (Å²) < 4.78 is 33.5. The standard InChI is InChI=1S/C25H34N2O4S2/c1-3-31-22-13-11-21(12-14-22)27(33(29,30)24-15-9-20(2)10-16-24)19-25(28)26-17-18-32-23-7-5-4-6-8-23/h9-16,23H,3-8,17-19H2,1-2H3,(H,26,28). The summed E-state index contributed by atoms with van der Waals surface area (Å²) in [4.78, 5) is 12.9. The van der Waals surface area contributed by atoms with Crippen LogP contribution in [0.25, 0.3) is 0 Å². The van der Waals surface area contributed by atoms with Crippen LogP contribution in [0.4, 0.5) is 5.69 Å². The minimum Gasteiger partial charge on any atom is -0.494 e. The van der Waals surface area contributed by atoms with E-state index in [4.69, 9.17) is 4.74 Å². The molecule has 0 aromatic heterocycles. The summed E-state index contributed by atoms with van der Waals surface area (Å²) in [6, 6.07) is 13.4. The number of benzene rings is 2. The van der Waals surface area contributed by atoms with Gasteiger partial charge in [-0.3, -0.25) is 9.10 Å². The van der Waals surface area contributed by atoms with Crippen LogP contribution in [-0.2, 0) is 14.8 Å². The van der Waals surface area contributed by atoms with E-state index in [2.05, 4.69) is 5.32 Å². The number of thioether (sulfide) groups is 1. The number of nitrogens with zero attached hydrogens (tertiary/aromatic N) is 1. The van der Waals surface area contributed by atoms with Crippen molar-refractivity contribution < 1.29 is 17.9 Å². The lowest BCUT2D eigenvalue weighted by atomic mass is 10.0. The van der Waals surface area contributed by atoms with Gasteiger partial charge in [0.2, 0.25) is 5.91 Å². The van der Waals surface area contributed by atoms with Crippen LogP contribution in [0, 0.1) is 6.92 Å². The second kappa shape index (κ2) is 12.3. The third-order valence-corrected chi connectivity index (χ3v) is 8.83. The first kappa shape index (κ1) is 25.4. The molecule has 6 nitrogen and oxygen atoms in total. The fourth-order valence-corrected chi connectivity index (χ4v) is 6.50. The van der Waals surface area contributed by atoms with Crippen molar-refractivity contribution in [3.63, 3.8) is 0 Å². The van der Waals surface area contributed by atoms with E-state index < -0.39 is 10.0 Å². The zero-order valence-corrected chi connectivity index (χ0v) is 21.1. The number of rotatable bonds is 11. The number of sulfonamides is 1. The average molecular weight is 491 g/mol. The minimum atomic E-state index is -3.91.